The fourth-order valence-electron chi connectivity index (χ4n) is 5.48. The fourth-order valence-corrected chi connectivity index (χ4v) is 7.53. The maximum Gasteiger partial charge on any atom is 0.356 e. The zero-order chi connectivity index (χ0) is 31.3. The Morgan fingerprint density at radius 3 is 2.22 bits per heavy atom. The number of esters is 2. The number of hydrogen-bond acceptors (Lipinski definition) is 8. The molecule has 10 heteroatoms. The smallest absolute Gasteiger partial charge is 0.356 e. The van der Waals surface area contributed by atoms with Crippen molar-refractivity contribution in [2.45, 2.75) is 37.3 Å². The largest absolute Gasteiger partial charge is 0.448 e. The number of hydrogen-bond donors (Lipinski definition) is 1. The molecule has 1 saturated heterocycles. The summed E-state index contributed by atoms with van der Waals surface area (Å²) in [4.78, 5) is 54.9. The number of carbonyl (C=O) groups excluding carboxylic acids is 4. The summed E-state index contributed by atoms with van der Waals surface area (Å²) in [6, 6.07) is 29.0. The van der Waals surface area contributed by atoms with E-state index in [9.17, 15) is 19.2 Å². The Kier molecular flexibility index (Phi) is 9.13. The number of ether oxygens (including phenoxy) is 2. The Morgan fingerprint density at radius 2 is 1.58 bits per heavy atom. The molecule has 1 unspecified atom stereocenters. The highest BCUT2D eigenvalue weighted by Gasteiger charge is 2.54. The van der Waals surface area contributed by atoms with E-state index in [1.165, 1.54) is 34.9 Å². The number of amides is 2. The van der Waals surface area contributed by atoms with Crippen LogP contribution < -0.4 is 10.1 Å². The van der Waals surface area contributed by atoms with Gasteiger partial charge in [-0.3, -0.25) is 19.3 Å². The van der Waals surface area contributed by atoms with Crippen LogP contribution in [0.1, 0.15) is 34.6 Å². The van der Waals surface area contributed by atoms with Crippen molar-refractivity contribution in [2.24, 2.45) is 0 Å². The zero-order valence-corrected chi connectivity index (χ0v) is 26.0. The quantitative estimate of drug-likeness (QED) is 0.140. The number of carbonyl (C=O) groups is 4. The molecule has 2 aliphatic heterocycles. The second-order valence-electron chi connectivity index (χ2n) is 10.6. The van der Waals surface area contributed by atoms with Crippen molar-refractivity contribution in [3.63, 3.8) is 0 Å². The van der Waals surface area contributed by atoms with Crippen molar-refractivity contribution in [2.75, 3.05) is 5.75 Å². The molecule has 0 saturated carbocycles. The third kappa shape index (κ3) is 6.72. The van der Waals surface area contributed by atoms with Gasteiger partial charge in [-0.2, -0.15) is 0 Å². The van der Waals surface area contributed by atoms with Crippen molar-refractivity contribution in [1.29, 1.82) is 0 Å². The highest BCUT2D eigenvalue weighted by atomic mass is 32.2. The molecule has 4 aromatic rings. The molecule has 45 heavy (non-hydrogen) atoms. The highest BCUT2D eigenvalue weighted by Crippen LogP contribution is 2.43. The molecule has 228 valence electrons. The van der Waals surface area contributed by atoms with Gasteiger partial charge in [0.2, 0.25) is 5.91 Å². The average molecular weight is 639 g/mol. The lowest BCUT2D eigenvalue weighted by Crippen LogP contribution is -2.70. The van der Waals surface area contributed by atoms with E-state index in [0.717, 1.165) is 16.0 Å². The highest BCUT2D eigenvalue weighted by molar-refractivity contribution is 8.00. The van der Waals surface area contributed by atoms with Gasteiger partial charge in [-0.25, -0.2) is 4.79 Å². The van der Waals surface area contributed by atoms with Gasteiger partial charge in [0.1, 0.15) is 22.9 Å². The summed E-state index contributed by atoms with van der Waals surface area (Å²) < 4.78 is 11.7. The molecule has 0 radical (unpaired) electrons. The van der Waals surface area contributed by atoms with Crippen molar-refractivity contribution >= 4 is 46.9 Å². The molecule has 2 aliphatic rings. The Morgan fingerprint density at radius 1 is 0.911 bits per heavy atom. The minimum atomic E-state index is -0.765. The first kappa shape index (κ1) is 30.4. The molecule has 0 bridgehead atoms. The van der Waals surface area contributed by atoms with E-state index in [1.54, 1.807) is 12.1 Å². The maximum absolute atomic E-state index is 14.2. The molecule has 1 aromatic heterocycles. The number of fused-ring (bicyclic) bond motifs is 1. The molecule has 2 amide bonds. The summed E-state index contributed by atoms with van der Waals surface area (Å²) in [5.41, 5.74) is 3.09. The number of β-lactam (4-membered cyclic amide) rings is 1. The zero-order valence-electron chi connectivity index (χ0n) is 24.4. The molecule has 2 atom stereocenters. The van der Waals surface area contributed by atoms with Gasteiger partial charge in [-0.05, 0) is 39.8 Å². The minimum absolute atomic E-state index is 0.155. The molecule has 1 fully saturated rings. The van der Waals surface area contributed by atoms with Gasteiger partial charge in [0.05, 0.1) is 6.42 Å². The van der Waals surface area contributed by atoms with Crippen LogP contribution in [-0.4, -0.2) is 45.8 Å². The third-order valence-corrected chi connectivity index (χ3v) is 9.75. The van der Waals surface area contributed by atoms with Crippen LogP contribution in [0.25, 0.3) is 0 Å². The number of thiophene rings is 1. The molecule has 0 spiro atoms. The Hall–Kier alpha value is -4.67. The fraction of sp³-hybridized carbons (Fsp3) is 0.200. The monoisotopic (exact) mass is 638 g/mol. The summed E-state index contributed by atoms with van der Waals surface area (Å²) in [7, 11) is 0. The third-order valence-electron chi connectivity index (χ3n) is 7.53. The Labute approximate surface area is 269 Å². The van der Waals surface area contributed by atoms with Gasteiger partial charge in [0, 0.05) is 24.0 Å². The first-order chi connectivity index (χ1) is 21.9. The maximum atomic E-state index is 14.2. The van der Waals surface area contributed by atoms with E-state index in [4.69, 9.17) is 9.47 Å². The molecule has 3 heterocycles. The van der Waals surface area contributed by atoms with Crippen LogP contribution >= 0.6 is 23.1 Å². The van der Waals surface area contributed by atoms with Gasteiger partial charge in [-0.15, -0.1) is 23.1 Å². The number of rotatable bonds is 10. The van der Waals surface area contributed by atoms with Crippen molar-refractivity contribution in [3.05, 3.63) is 135 Å². The van der Waals surface area contributed by atoms with E-state index in [1.807, 2.05) is 90.3 Å². The lowest BCUT2D eigenvalue weighted by atomic mass is 9.97. The summed E-state index contributed by atoms with van der Waals surface area (Å²) in [6.45, 7) is 1.33. The van der Waals surface area contributed by atoms with E-state index in [2.05, 4.69) is 5.32 Å². The SMILES string of the molecule is CC(=O)Oc1ccccc1CC1=C(C(=O)OC(c2ccccc2)c2ccccc2)N2C(=O)C(NC(=O)Cc3cccs3)[C@H]2SC1. The number of nitrogens with zero attached hydrogens (tertiary/aromatic N) is 1. The molecule has 1 N–H and O–H groups in total. The van der Waals surface area contributed by atoms with Crippen LogP contribution in [0.15, 0.2) is 114 Å². The van der Waals surface area contributed by atoms with Gasteiger partial charge < -0.3 is 14.8 Å². The van der Waals surface area contributed by atoms with Gasteiger partial charge in [0.25, 0.3) is 5.91 Å². The molecular weight excluding hydrogens is 609 g/mol. The standard InChI is InChI=1S/C35H30N2O6S2/c1-22(38)42-28-17-9-8-15-25(28)19-26-21-45-34-30(36-29(39)20-27-16-10-18-44-27)33(40)37(34)31(26)35(41)43-32(23-11-4-2-5-12-23)24-13-6-3-7-14-24/h2-18,30,32,34H,19-21H2,1H3,(H,36,39)/t30?,34-/m1/s1. The van der Waals surface area contributed by atoms with E-state index in [-0.39, 0.29) is 30.4 Å². The predicted molar refractivity (Wildman–Crippen MR) is 172 cm³/mol. The number of nitrogens with one attached hydrogen (secondary N) is 1. The Balaban J connectivity index is 1.33. The van der Waals surface area contributed by atoms with Crippen LogP contribution in [0.4, 0.5) is 0 Å². The van der Waals surface area contributed by atoms with Gasteiger partial charge >= 0.3 is 11.9 Å². The van der Waals surface area contributed by atoms with Crippen LogP contribution in [0.2, 0.25) is 0 Å². The first-order valence-electron chi connectivity index (χ1n) is 14.4. The lowest BCUT2D eigenvalue weighted by Gasteiger charge is -2.50. The lowest BCUT2D eigenvalue weighted by molar-refractivity contribution is -0.154. The minimum Gasteiger partial charge on any atom is -0.448 e. The molecule has 0 aliphatic carbocycles. The summed E-state index contributed by atoms with van der Waals surface area (Å²) in [5.74, 6) is -0.931. The van der Waals surface area contributed by atoms with E-state index >= 15 is 0 Å². The van der Waals surface area contributed by atoms with Crippen LogP contribution in [-0.2, 0) is 36.8 Å². The molecular formula is C35H30N2O6S2. The number of para-hydroxylation sites is 1. The van der Waals surface area contributed by atoms with Crippen LogP contribution in [0.3, 0.4) is 0 Å². The average Bonchev–Trinajstić information content (AvgIpc) is 3.56. The summed E-state index contributed by atoms with van der Waals surface area (Å²) in [5, 5.41) is 4.31. The summed E-state index contributed by atoms with van der Waals surface area (Å²) >= 11 is 2.95. The second kappa shape index (κ2) is 13.5. The van der Waals surface area contributed by atoms with Gasteiger partial charge in [-0.1, -0.05) is 84.9 Å². The molecule has 3 aromatic carbocycles. The van der Waals surface area contributed by atoms with Gasteiger partial charge in [0.15, 0.2) is 6.10 Å². The number of benzene rings is 3. The van der Waals surface area contributed by atoms with E-state index in [0.29, 0.717) is 22.6 Å². The predicted octanol–water partition coefficient (Wildman–Crippen LogP) is 5.45. The Bertz CT molecular complexity index is 1700. The van der Waals surface area contributed by atoms with Crippen LogP contribution in [0, 0.1) is 0 Å². The van der Waals surface area contributed by atoms with Crippen molar-refractivity contribution in [1.82, 2.24) is 10.2 Å². The summed E-state index contributed by atoms with van der Waals surface area (Å²) in [6.07, 6.45) is -0.279. The second-order valence-corrected chi connectivity index (χ2v) is 12.8. The van der Waals surface area contributed by atoms with Crippen molar-refractivity contribution in [3.8, 4) is 5.75 Å². The number of thioether (sulfide) groups is 1. The normalized spacial score (nSPS) is 17.4. The molecule has 6 rings (SSSR count). The van der Waals surface area contributed by atoms with E-state index < -0.39 is 29.5 Å². The molecule has 8 nitrogen and oxygen atoms in total. The van der Waals surface area contributed by atoms with Crippen molar-refractivity contribution < 1.29 is 28.7 Å². The first-order valence-corrected chi connectivity index (χ1v) is 16.4. The van der Waals surface area contributed by atoms with Crippen LogP contribution in [0.5, 0.6) is 5.75 Å². The topological polar surface area (TPSA) is 102 Å².